The molecule has 1 N–H and O–H groups in total. The molecule has 2 bridgehead atoms. The van der Waals surface area contributed by atoms with Crippen LogP contribution in [0.3, 0.4) is 0 Å². The van der Waals surface area contributed by atoms with Gasteiger partial charge in [-0.05, 0) is 25.5 Å². The van der Waals surface area contributed by atoms with Crippen LogP contribution in [0.1, 0.15) is 12.5 Å². The number of hydrogen-bond acceptors (Lipinski definition) is 4. The quantitative estimate of drug-likeness (QED) is 0.658. The Morgan fingerprint density at radius 3 is 2.55 bits per heavy atom. The summed E-state index contributed by atoms with van der Waals surface area (Å²) in [5, 5.41) is 9.76. The van der Waals surface area contributed by atoms with Crippen molar-refractivity contribution in [3.05, 3.63) is 42.0 Å². The molecule has 22 heavy (non-hydrogen) atoms. The minimum absolute atomic E-state index is 0.244. The number of carbonyl (C=O) groups excluding carboxylic acids is 2. The number of nitrogens with zero attached hydrogens (tertiary/aromatic N) is 1. The van der Waals surface area contributed by atoms with Gasteiger partial charge in [-0.25, -0.2) is 4.90 Å². The third kappa shape index (κ3) is 1.40. The minimum Gasteiger partial charge on any atom is -0.393 e. The second-order valence-electron chi connectivity index (χ2n) is 6.49. The Hall–Kier alpha value is -1.98. The summed E-state index contributed by atoms with van der Waals surface area (Å²) in [6.07, 6.45) is 3.54. The van der Waals surface area contributed by atoms with Gasteiger partial charge in [0.1, 0.15) is 5.60 Å². The van der Waals surface area contributed by atoms with Crippen LogP contribution in [-0.2, 0) is 14.3 Å². The summed E-state index contributed by atoms with van der Waals surface area (Å²) in [7, 11) is 0. The molecular weight excluding hydrogens is 282 g/mol. The van der Waals surface area contributed by atoms with E-state index in [1.54, 1.807) is 25.1 Å². The van der Waals surface area contributed by atoms with E-state index in [-0.39, 0.29) is 18.4 Å². The van der Waals surface area contributed by atoms with Gasteiger partial charge in [-0.3, -0.25) is 9.59 Å². The summed E-state index contributed by atoms with van der Waals surface area (Å²) in [6.45, 7) is 3.37. The first kappa shape index (κ1) is 13.7. The number of hydrogen-bond donors (Lipinski definition) is 1. The monoisotopic (exact) mass is 299 g/mol. The lowest BCUT2D eigenvalue weighted by atomic mass is 9.73. The molecule has 114 valence electrons. The van der Waals surface area contributed by atoms with Crippen molar-refractivity contribution in [2.45, 2.75) is 25.0 Å². The smallest absolute Gasteiger partial charge is 0.241 e. The number of para-hydroxylation sites is 1. The van der Waals surface area contributed by atoms with E-state index >= 15 is 0 Å². The fraction of sp³-hybridized carbons (Fsp3) is 0.412. The molecule has 0 radical (unpaired) electrons. The van der Waals surface area contributed by atoms with Crippen LogP contribution in [0.5, 0.6) is 0 Å². The molecule has 1 aromatic rings. The average molecular weight is 299 g/mol. The van der Waals surface area contributed by atoms with E-state index in [0.717, 1.165) is 5.56 Å². The van der Waals surface area contributed by atoms with Crippen molar-refractivity contribution in [3.63, 3.8) is 0 Å². The van der Waals surface area contributed by atoms with Crippen molar-refractivity contribution in [1.82, 2.24) is 0 Å². The number of fused-ring (bicyclic) bond motifs is 5. The zero-order chi connectivity index (χ0) is 15.7. The number of benzene rings is 1. The van der Waals surface area contributed by atoms with E-state index in [1.165, 1.54) is 4.90 Å². The molecule has 1 aromatic carbocycles. The first-order valence-electron chi connectivity index (χ1n) is 7.38. The Labute approximate surface area is 128 Å². The maximum atomic E-state index is 12.9. The van der Waals surface area contributed by atoms with Crippen LogP contribution in [0.4, 0.5) is 5.69 Å². The molecule has 0 unspecified atom stereocenters. The van der Waals surface area contributed by atoms with Crippen LogP contribution in [0.15, 0.2) is 36.4 Å². The van der Waals surface area contributed by atoms with Crippen molar-refractivity contribution in [1.29, 1.82) is 0 Å². The third-order valence-corrected chi connectivity index (χ3v) is 5.16. The van der Waals surface area contributed by atoms with Gasteiger partial charge in [0.05, 0.1) is 29.7 Å². The predicted octanol–water partition coefficient (Wildman–Crippen LogP) is 1.19. The number of anilines is 1. The fourth-order valence-electron chi connectivity index (χ4n) is 4.09. The van der Waals surface area contributed by atoms with Gasteiger partial charge in [0.15, 0.2) is 0 Å². The molecule has 3 heterocycles. The van der Waals surface area contributed by atoms with Gasteiger partial charge in [-0.2, -0.15) is 0 Å². The van der Waals surface area contributed by atoms with E-state index < -0.39 is 23.0 Å². The van der Waals surface area contributed by atoms with Crippen molar-refractivity contribution in [3.8, 4) is 0 Å². The first-order chi connectivity index (χ1) is 10.4. The predicted molar refractivity (Wildman–Crippen MR) is 79.1 cm³/mol. The van der Waals surface area contributed by atoms with Crippen molar-refractivity contribution < 1.29 is 19.4 Å². The molecule has 0 saturated carbocycles. The Morgan fingerprint density at radius 2 is 1.86 bits per heavy atom. The van der Waals surface area contributed by atoms with Crippen molar-refractivity contribution in [2.24, 2.45) is 11.8 Å². The molecule has 2 saturated heterocycles. The maximum absolute atomic E-state index is 12.9. The molecule has 0 aliphatic carbocycles. The second-order valence-corrected chi connectivity index (χ2v) is 6.49. The number of aliphatic hydroxyl groups is 1. The van der Waals surface area contributed by atoms with Crippen LogP contribution < -0.4 is 4.90 Å². The topological polar surface area (TPSA) is 66.8 Å². The molecule has 4 atom stereocenters. The Morgan fingerprint density at radius 1 is 1.18 bits per heavy atom. The summed E-state index contributed by atoms with van der Waals surface area (Å²) in [5.74, 6) is -1.76. The summed E-state index contributed by atoms with van der Waals surface area (Å²) >= 11 is 0. The van der Waals surface area contributed by atoms with Gasteiger partial charge in [0.25, 0.3) is 0 Å². The van der Waals surface area contributed by atoms with Crippen LogP contribution in [0.2, 0.25) is 0 Å². The molecule has 5 heteroatoms. The highest BCUT2D eigenvalue weighted by Crippen LogP contribution is 2.57. The SMILES string of the molecule is Cc1ccccc1N1C(=O)[C@@H]2[C@H](C1=O)[C@]1(CO)C=C[C@]2(C)O1. The molecule has 2 fully saturated rings. The maximum Gasteiger partial charge on any atom is 0.241 e. The number of aliphatic hydroxyl groups excluding tert-OH is 1. The van der Waals surface area contributed by atoms with Crippen LogP contribution in [-0.4, -0.2) is 34.7 Å². The summed E-state index contributed by atoms with van der Waals surface area (Å²) < 4.78 is 5.89. The first-order valence-corrected chi connectivity index (χ1v) is 7.38. The van der Waals surface area contributed by atoms with Gasteiger partial charge in [0.2, 0.25) is 11.8 Å². The van der Waals surface area contributed by atoms with Gasteiger partial charge >= 0.3 is 0 Å². The second kappa shape index (κ2) is 4.06. The van der Waals surface area contributed by atoms with Gasteiger partial charge in [-0.15, -0.1) is 0 Å². The Balaban J connectivity index is 1.84. The van der Waals surface area contributed by atoms with Gasteiger partial charge in [-0.1, -0.05) is 30.4 Å². The van der Waals surface area contributed by atoms with E-state index in [2.05, 4.69) is 0 Å². The molecule has 4 rings (SSSR count). The highest BCUT2D eigenvalue weighted by Gasteiger charge is 2.72. The van der Waals surface area contributed by atoms with E-state index in [4.69, 9.17) is 4.74 Å². The Bertz CT molecular complexity index is 727. The number of aryl methyl sites for hydroxylation is 1. The van der Waals surface area contributed by atoms with Gasteiger partial charge < -0.3 is 9.84 Å². The van der Waals surface area contributed by atoms with E-state index in [9.17, 15) is 14.7 Å². The van der Waals surface area contributed by atoms with Crippen molar-refractivity contribution in [2.75, 3.05) is 11.5 Å². The van der Waals surface area contributed by atoms with Crippen molar-refractivity contribution >= 4 is 17.5 Å². The third-order valence-electron chi connectivity index (χ3n) is 5.16. The highest BCUT2D eigenvalue weighted by molar-refractivity contribution is 6.23. The zero-order valence-electron chi connectivity index (χ0n) is 12.4. The molecule has 0 aromatic heterocycles. The van der Waals surface area contributed by atoms with Crippen LogP contribution >= 0.6 is 0 Å². The molecular formula is C17H17NO4. The molecule has 3 aliphatic heterocycles. The molecule has 0 spiro atoms. The molecule has 2 amide bonds. The number of ether oxygens (including phenoxy) is 1. The van der Waals surface area contributed by atoms with Crippen LogP contribution in [0, 0.1) is 18.8 Å². The summed E-state index contributed by atoms with van der Waals surface area (Å²) in [4.78, 5) is 27.1. The highest BCUT2D eigenvalue weighted by atomic mass is 16.5. The number of rotatable bonds is 2. The lowest BCUT2D eigenvalue weighted by molar-refractivity contribution is -0.131. The largest absolute Gasteiger partial charge is 0.393 e. The molecule has 3 aliphatic rings. The number of carbonyl (C=O) groups is 2. The molecule has 5 nitrogen and oxygen atoms in total. The number of imide groups is 1. The summed E-state index contributed by atoms with van der Waals surface area (Å²) in [5.41, 5.74) is -0.405. The van der Waals surface area contributed by atoms with Gasteiger partial charge in [0, 0.05) is 0 Å². The van der Waals surface area contributed by atoms with E-state index in [0.29, 0.717) is 5.69 Å². The zero-order valence-corrected chi connectivity index (χ0v) is 12.4. The minimum atomic E-state index is -1.07. The fourth-order valence-corrected chi connectivity index (χ4v) is 4.09. The average Bonchev–Trinajstić information content (AvgIpc) is 3.07. The standard InChI is InChI=1S/C17H17NO4/c1-10-5-3-4-6-11(10)18-14(20)12-13(15(18)21)17(9-19)8-7-16(12,2)22-17/h3-8,12-13,19H,9H2,1-2H3/t12-,13+,16-,17+/m0/s1. The van der Waals surface area contributed by atoms with Crippen LogP contribution in [0.25, 0.3) is 0 Å². The summed E-state index contributed by atoms with van der Waals surface area (Å²) in [6, 6.07) is 7.33. The lowest BCUT2D eigenvalue weighted by Gasteiger charge is -2.27. The Kier molecular flexibility index (Phi) is 2.52. The lowest BCUT2D eigenvalue weighted by Crippen LogP contribution is -2.43. The van der Waals surface area contributed by atoms with E-state index in [1.807, 2.05) is 25.1 Å². The number of amides is 2. The normalized spacial score (nSPS) is 39.0.